The first-order chi connectivity index (χ1) is 12.9. The zero-order chi connectivity index (χ0) is 19.8. The van der Waals surface area contributed by atoms with Crippen LogP contribution in [0.4, 0.5) is 10.5 Å². The minimum absolute atomic E-state index is 0.0906. The summed E-state index contributed by atoms with van der Waals surface area (Å²) in [4.78, 5) is 16.0. The quantitative estimate of drug-likeness (QED) is 0.774. The number of carbonyl (C=O) groups is 1. The van der Waals surface area contributed by atoms with E-state index >= 15 is 0 Å². The molecule has 0 fully saturated rings. The van der Waals surface area contributed by atoms with Crippen LogP contribution in [-0.2, 0) is 13.0 Å². The van der Waals surface area contributed by atoms with Crippen molar-refractivity contribution in [2.45, 2.75) is 13.0 Å². The Balaban J connectivity index is 1.82. The molecule has 0 heterocycles. The highest BCUT2D eigenvalue weighted by Gasteiger charge is 2.09. The van der Waals surface area contributed by atoms with Crippen molar-refractivity contribution in [3.8, 4) is 11.5 Å². The molecule has 2 amide bonds. The normalized spacial score (nSPS) is 10.3. The maximum atomic E-state index is 12.3. The molecule has 0 aromatic heterocycles. The van der Waals surface area contributed by atoms with E-state index in [2.05, 4.69) is 17.4 Å². The van der Waals surface area contributed by atoms with Gasteiger partial charge in [0.25, 0.3) is 0 Å². The lowest BCUT2D eigenvalue weighted by Gasteiger charge is -2.19. The molecular formula is C21H29N3O3. The molecule has 0 aliphatic heterocycles. The zero-order valence-electron chi connectivity index (χ0n) is 16.8. The van der Waals surface area contributed by atoms with Crippen molar-refractivity contribution in [1.29, 1.82) is 0 Å². The van der Waals surface area contributed by atoms with Crippen LogP contribution in [0.5, 0.6) is 11.5 Å². The SMILES string of the molecule is COc1ccc(CCNC(=O)N(C)Cc2ccc(N(C)C)cc2)cc1OC. The van der Waals surface area contributed by atoms with Gasteiger partial charge in [-0.15, -0.1) is 0 Å². The maximum absolute atomic E-state index is 12.3. The van der Waals surface area contributed by atoms with E-state index in [1.165, 1.54) is 0 Å². The minimum Gasteiger partial charge on any atom is -0.493 e. The molecule has 0 unspecified atom stereocenters. The van der Waals surface area contributed by atoms with E-state index in [0.29, 0.717) is 24.6 Å². The van der Waals surface area contributed by atoms with Gasteiger partial charge in [0.15, 0.2) is 11.5 Å². The minimum atomic E-state index is -0.0906. The van der Waals surface area contributed by atoms with Crippen LogP contribution in [0.15, 0.2) is 42.5 Å². The predicted molar refractivity (Wildman–Crippen MR) is 109 cm³/mol. The van der Waals surface area contributed by atoms with E-state index in [4.69, 9.17) is 9.47 Å². The van der Waals surface area contributed by atoms with Gasteiger partial charge in [-0.3, -0.25) is 0 Å². The average Bonchev–Trinajstić information content (AvgIpc) is 2.68. The standard InChI is InChI=1S/C21H29N3O3/c1-23(2)18-9-6-17(7-10-18)15-24(3)21(25)22-13-12-16-8-11-19(26-4)20(14-16)27-5/h6-11,14H,12-13,15H2,1-5H3,(H,22,25). The number of nitrogens with one attached hydrogen (secondary N) is 1. The van der Waals surface area contributed by atoms with Crippen molar-refractivity contribution < 1.29 is 14.3 Å². The molecule has 0 spiro atoms. The first kappa shape index (κ1) is 20.4. The summed E-state index contributed by atoms with van der Waals surface area (Å²) >= 11 is 0. The Morgan fingerprint density at radius 3 is 2.15 bits per heavy atom. The average molecular weight is 371 g/mol. The third kappa shape index (κ3) is 5.81. The van der Waals surface area contributed by atoms with Gasteiger partial charge in [0.1, 0.15) is 0 Å². The van der Waals surface area contributed by atoms with E-state index in [0.717, 1.165) is 23.2 Å². The molecule has 0 atom stereocenters. The second-order valence-electron chi connectivity index (χ2n) is 6.59. The summed E-state index contributed by atoms with van der Waals surface area (Å²) in [6, 6.07) is 13.9. The molecule has 2 rings (SSSR count). The van der Waals surface area contributed by atoms with Gasteiger partial charge in [0, 0.05) is 39.9 Å². The molecule has 0 aliphatic rings. The van der Waals surface area contributed by atoms with Crippen LogP contribution in [0, 0.1) is 0 Å². The third-order valence-corrected chi connectivity index (χ3v) is 4.36. The van der Waals surface area contributed by atoms with Crippen molar-refractivity contribution >= 4 is 11.7 Å². The number of hydrogen-bond donors (Lipinski definition) is 1. The second-order valence-corrected chi connectivity index (χ2v) is 6.59. The number of urea groups is 1. The van der Waals surface area contributed by atoms with Gasteiger partial charge in [-0.1, -0.05) is 18.2 Å². The highest BCUT2D eigenvalue weighted by molar-refractivity contribution is 5.73. The number of anilines is 1. The summed E-state index contributed by atoms with van der Waals surface area (Å²) in [6.45, 7) is 1.12. The Hall–Kier alpha value is -2.89. The molecule has 0 radical (unpaired) electrons. The lowest BCUT2D eigenvalue weighted by molar-refractivity contribution is 0.207. The predicted octanol–water partition coefficient (Wildman–Crippen LogP) is 3.15. The number of hydrogen-bond acceptors (Lipinski definition) is 4. The number of ether oxygens (including phenoxy) is 2. The largest absolute Gasteiger partial charge is 0.493 e. The second kappa shape index (κ2) is 9.71. The Labute approximate surface area is 161 Å². The summed E-state index contributed by atoms with van der Waals surface area (Å²) in [5.74, 6) is 1.39. The van der Waals surface area contributed by atoms with Crippen LogP contribution in [0.2, 0.25) is 0 Å². The third-order valence-electron chi connectivity index (χ3n) is 4.36. The molecule has 2 aromatic rings. The molecule has 0 aliphatic carbocycles. The summed E-state index contributed by atoms with van der Waals surface area (Å²) in [7, 11) is 9.04. The number of methoxy groups -OCH3 is 2. The van der Waals surface area contributed by atoms with Gasteiger partial charge in [0.2, 0.25) is 0 Å². The van der Waals surface area contributed by atoms with Crippen LogP contribution >= 0.6 is 0 Å². The lowest BCUT2D eigenvalue weighted by atomic mass is 10.1. The van der Waals surface area contributed by atoms with Gasteiger partial charge in [-0.25, -0.2) is 4.79 Å². The fourth-order valence-electron chi connectivity index (χ4n) is 2.73. The number of amides is 2. The van der Waals surface area contributed by atoms with Crippen molar-refractivity contribution in [3.05, 3.63) is 53.6 Å². The van der Waals surface area contributed by atoms with Crippen LogP contribution in [0.25, 0.3) is 0 Å². The van der Waals surface area contributed by atoms with Crippen molar-refractivity contribution in [2.24, 2.45) is 0 Å². The highest BCUT2D eigenvalue weighted by atomic mass is 16.5. The van der Waals surface area contributed by atoms with Crippen molar-refractivity contribution in [1.82, 2.24) is 10.2 Å². The van der Waals surface area contributed by atoms with E-state index in [1.807, 2.05) is 49.3 Å². The first-order valence-corrected chi connectivity index (χ1v) is 8.90. The molecule has 146 valence electrons. The molecule has 6 nitrogen and oxygen atoms in total. The highest BCUT2D eigenvalue weighted by Crippen LogP contribution is 2.27. The van der Waals surface area contributed by atoms with Crippen LogP contribution in [0.3, 0.4) is 0 Å². The van der Waals surface area contributed by atoms with Gasteiger partial charge >= 0.3 is 6.03 Å². The Bertz CT molecular complexity index is 745. The van der Waals surface area contributed by atoms with E-state index in [-0.39, 0.29) is 6.03 Å². The molecule has 0 saturated carbocycles. The smallest absolute Gasteiger partial charge is 0.317 e. The van der Waals surface area contributed by atoms with Crippen LogP contribution in [-0.4, -0.2) is 52.8 Å². The van der Waals surface area contributed by atoms with Crippen LogP contribution < -0.4 is 19.7 Å². The number of carbonyl (C=O) groups excluding carboxylic acids is 1. The maximum Gasteiger partial charge on any atom is 0.317 e. The Morgan fingerprint density at radius 1 is 0.926 bits per heavy atom. The summed E-state index contributed by atoms with van der Waals surface area (Å²) in [5.41, 5.74) is 3.31. The molecule has 27 heavy (non-hydrogen) atoms. The van der Waals surface area contributed by atoms with E-state index in [9.17, 15) is 4.79 Å². The van der Waals surface area contributed by atoms with Gasteiger partial charge < -0.3 is 24.6 Å². The molecule has 1 N–H and O–H groups in total. The fourth-order valence-corrected chi connectivity index (χ4v) is 2.73. The molecule has 6 heteroatoms. The monoisotopic (exact) mass is 371 g/mol. The van der Waals surface area contributed by atoms with Crippen LogP contribution in [0.1, 0.15) is 11.1 Å². The zero-order valence-corrected chi connectivity index (χ0v) is 16.8. The first-order valence-electron chi connectivity index (χ1n) is 8.90. The van der Waals surface area contributed by atoms with E-state index < -0.39 is 0 Å². The molecule has 0 bridgehead atoms. The number of benzene rings is 2. The van der Waals surface area contributed by atoms with Gasteiger partial charge in [0.05, 0.1) is 14.2 Å². The number of nitrogens with zero attached hydrogens (tertiary/aromatic N) is 2. The number of rotatable bonds is 8. The van der Waals surface area contributed by atoms with Gasteiger partial charge in [-0.2, -0.15) is 0 Å². The van der Waals surface area contributed by atoms with Crippen molar-refractivity contribution in [2.75, 3.05) is 46.8 Å². The topological polar surface area (TPSA) is 54.0 Å². The lowest BCUT2D eigenvalue weighted by Crippen LogP contribution is -2.37. The van der Waals surface area contributed by atoms with Crippen molar-refractivity contribution in [3.63, 3.8) is 0 Å². The molecule has 0 saturated heterocycles. The van der Waals surface area contributed by atoms with E-state index in [1.54, 1.807) is 26.2 Å². The van der Waals surface area contributed by atoms with Gasteiger partial charge in [-0.05, 0) is 41.8 Å². The summed E-state index contributed by atoms with van der Waals surface area (Å²) in [5, 5.41) is 2.95. The molecule has 2 aromatic carbocycles. The Kier molecular flexibility index (Phi) is 7.34. The molecular weight excluding hydrogens is 342 g/mol. The summed E-state index contributed by atoms with van der Waals surface area (Å²) < 4.78 is 10.5. The summed E-state index contributed by atoms with van der Waals surface area (Å²) in [6.07, 6.45) is 0.720. The fraction of sp³-hybridized carbons (Fsp3) is 0.381. The Morgan fingerprint density at radius 2 is 1.56 bits per heavy atom.